The quantitative estimate of drug-likeness (QED) is 0.397. The number of hydrogen-bond acceptors (Lipinski definition) is 4. The smallest absolute Gasteiger partial charge is 0.222 e. The average molecular weight is 302 g/mol. The SMILES string of the molecule is Oc1ccc2ccccc2c1/C=N/Nc1nc2ccccc2[nH]1. The molecule has 3 aromatic carbocycles. The number of H-pyrrole nitrogens is 1. The molecule has 3 N–H and O–H groups in total. The first-order valence-corrected chi connectivity index (χ1v) is 7.26. The number of fused-ring (bicyclic) bond motifs is 2. The molecule has 4 aromatic rings. The molecule has 1 aromatic heterocycles. The number of benzene rings is 3. The van der Waals surface area contributed by atoms with E-state index in [1.54, 1.807) is 12.3 Å². The molecule has 0 aliphatic heterocycles. The van der Waals surface area contributed by atoms with Crippen molar-refractivity contribution >= 4 is 34.0 Å². The summed E-state index contributed by atoms with van der Waals surface area (Å²) in [7, 11) is 0. The molecule has 1 heterocycles. The number of anilines is 1. The van der Waals surface area contributed by atoms with E-state index in [4.69, 9.17) is 0 Å². The first-order chi connectivity index (χ1) is 11.3. The van der Waals surface area contributed by atoms with E-state index in [-0.39, 0.29) is 5.75 Å². The first kappa shape index (κ1) is 13.3. The number of phenols is 1. The van der Waals surface area contributed by atoms with Crippen molar-refractivity contribution in [2.75, 3.05) is 5.43 Å². The van der Waals surface area contributed by atoms with Gasteiger partial charge in [0.1, 0.15) is 5.75 Å². The molecule has 0 amide bonds. The van der Waals surface area contributed by atoms with Crippen molar-refractivity contribution in [2.24, 2.45) is 5.10 Å². The van der Waals surface area contributed by atoms with Gasteiger partial charge in [-0.2, -0.15) is 5.10 Å². The number of phenolic OH excluding ortho intramolecular Hbond substituents is 1. The molecule has 0 radical (unpaired) electrons. The number of imidazole rings is 1. The van der Waals surface area contributed by atoms with Crippen LogP contribution in [0, 0.1) is 0 Å². The second kappa shape index (κ2) is 5.46. The number of aromatic amines is 1. The van der Waals surface area contributed by atoms with Crippen LogP contribution in [0.25, 0.3) is 21.8 Å². The van der Waals surface area contributed by atoms with Crippen molar-refractivity contribution < 1.29 is 5.11 Å². The van der Waals surface area contributed by atoms with E-state index in [0.717, 1.165) is 21.8 Å². The van der Waals surface area contributed by atoms with Gasteiger partial charge in [-0.05, 0) is 29.0 Å². The molecule has 0 aliphatic rings. The summed E-state index contributed by atoms with van der Waals surface area (Å²) in [5.74, 6) is 0.751. The van der Waals surface area contributed by atoms with E-state index in [1.165, 1.54) is 0 Å². The van der Waals surface area contributed by atoms with Gasteiger partial charge in [0.05, 0.1) is 17.2 Å². The molecule has 0 atom stereocenters. The third kappa shape index (κ3) is 2.48. The van der Waals surface area contributed by atoms with Gasteiger partial charge in [0.15, 0.2) is 0 Å². The zero-order chi connectivity index (χ0) is 15.6. The Hall–Kier alpha value is -3.34. The van der Waals surface area contributed by atoms with Crippen LogP contribution in [-0.4, -0.2) is 21.3 Å². The van der Waals surface area contributed by atoms with Crippen molar-refractivity contribution in [1.29, 1.82) is 0 Å². The van der Waals surface area contributed by atoms with Gasteiger partial charge in [-0.1, -0.05) is 42.5 Å². The maximum atomic E-state index is 10.1. The molecule has 5 nitrogen and oxygen atoms in total. The van der Waals surface area contributed by atoms with Gasteiger partial charge < -0.3 is 10.1 Å². The van der Waals surface area contributed by atoms with Crippen LogP contribution >= 0.6 is 0 Å². The maximum absolute atomic E-state index is 10.1. The molecular formula is C18H14N4O. The summed E-state index contributed by atoms with van der Waals surface area (Å²) >= 11 is 0. The molecule has 0 saturated heterocycles. The Morgan fingerprint density at radius 1 is 1.00 bits per heavy atom. The summed E-state index contributed by atoms with van der Waals surface area (Å²) in [5.41, 5.74) is 5.36. The van der Waals surface area contributed by atoms with E-state index in [1.807, 2.05) is 54.6 Å². The minimum Gasteiger partial charge on any atom is -0.507 e. The number of hydrazone groups is 1. The van der Waals surface area contributed by atoms with Gasteiger partial charge in [0.2, 0.25) is 5.95 Å². The minimum atomic E-state index is 0.193. The van der Waals surface area contributed by atoms with E-state index >= 15 is 0 Å². The third-order valence-corrected chi connectivity index (χ3v) is 3.70. The lowest BCUT2D eigenvalue weighted by Gasteiger charge is -2.04. The minimum absolute atomic E-state index is 0.193. The number of para-hydroxylation sites is 2. The Morgan fingerprint density at radius 2 is 1.83 bits per heavy atom. The maximum Gasteiger partial charge on any atom is 0.222 e. The number of hydrogen-bond donors (Lipinski definition) is 3. The second-order valence-electron chi connectivity index (χ2n) is 5.19. The molecule has 0 spiro atoms. The summed E-state index contributed by atoms with van der Waals surface area (Å²) in [5, 5.41) is 16.3. The Bertz CT molecular complexity index is 987. The molecule has 0 bridgehead atoms. The fourth-order valence-corrected chi connectivity index (χ4v) is 2.58. The summed E-state index contributed by atoms with van der Waals surface area (Å²) in [6.45, 7) is 0. The molecule has 0 unspecified atom stereocenters. The van der Waals surface area contributed by atoms with Crippen LogP contribution in [0.4, 0.5) is 5.95 Å². The van der Waals surface area contributed by atoms with E-state index in [2.05, 4.69) is 20.5 Å². The van der Waals surface area contributed by atoms with E-state index in [9.17, 15) is 5.11 Å². The van der Waals surface area contributed by atoms with Gasteiger partial charge in [-0.25, -0.2) is 10.4 Å². The molecular weight excluding hydrogens is 288 g/mol. The molecule has 23 heavy (non-hydrogen) atoms. The normalized spacial score (nSPS) is 11.5. The Kier molecular flexibility index (Phi) is 3.16. The van der Waals surface area contributed by atoms with Crippen LogP contribution in [0.2, 0.25) is 0 Å². The summed E-state index contributed by atoms with van der Waals surface area (Å²) in [6, 6.07) is 19.2. The van der Waals surface area contributed by atoms with Crippen molar-refractivity contribution in [3.63, 3.8) is 0 Å². The fourth-order valence-electron chi connectivity index (χ4n) is 2.58. The number of nitrogens with zero attached hydrogens (tertiary/aromatic N) is 2. The van der Waals surface area contributed by atoms with Crippen LogP contribution in [0.5, 0.6) is 5.75 Å². The predicted molar refractivity (Wildman–Crippen MR) is 92.9 cm³/mol. The van der Waals surface area contributed by atoms with Gasteiger partial charge in [-0.3, -0.25) is 0 Å². The largest absolute Gasteiger partial charge is 0.507 e. The van der Waals surface area contributed by atoms with Crippen molar-refractivity contribution in [1.82, 2.24) is 9.97 Å². The van der Waals surface area contributed by atoms with E-state index in [0.29, 0.717) is 11.5 Å². The lowest BCUT2D eigenvalue weighted by Crippen LogP contribution is -1.93. The Morgan fingerprint density at radius 3 is 2.74 bits per heavy atom. The molecule has 0 fully saturated rings. The molecule has 0 saturated carbocycles. The number of aromatic nitrogens is 2. The topological polar surface area (TPSA) is 73.3 Å². The number of rotatable bonds is 3. The van der Waals surface area contributed by atoms with Crippen LogP contribution in [0.3, 0.4) is 0 Å². The van der Waals surface area contributed by atoms with Crippen LogP contribution in [-0.2, 0) is 0 Å². The van der Waals surface area contributed by atoms with Gasteiger partial charge in [-0.15, -0.1) is 0 Å². The highest BCUT2D eigenvalue weighted by atomic mass is 16.3. The predicted octanol–water partition coefficient (Wildman–Crippen LogP) is 3.87. The molecule has 0 aliphatic carbocycles. The standard InChI is InChI=1S/C18H14N4O/c23-17-10-9-12-5-1-2-6-13(12)14(17)11-19-22-18-20-15-7-3-4-8-16(15)21-18/h1-11,23H,(H2,20,21,22)/b19-11+. The summed E-state index contributed by atoms with van der Waals surface area (Å²) < 4.78 is 0. The van der Waals surface area contributed by atoms with Gasteiger partial charge in [0.25, 0.3) is 0 Å². The molecule has 5 heteroatoms. The highest BCUT2D eigenvalue weighted by molar-refractivity contribution is 6.02. The number of aromatic hydroxyl groups is 1. The van der Waals surface area contributed by atoms with Crippen LogP contribution in [0.1, 0.15) is 5.56 Å². The van der Waals surface area contributed by atoms with Crippen molar-refractivity contribution in [2.45, 2.75) is 0 Å². The zero-order valence-corrected chi connectivity index (χ0v) is 12.2. The van der Waals surface area contributed by atoms with Crippen LogP contribution in [0.15, 0.2) is 65.8 Å². The molecule has 112 valence electrons. The monoisotopic (exact) mass is 302 g/mol. The zero-order valence-electron chi connectivity index (χ0n) is 12.2. The Balaban J connectivity index is 1.65. The average Bonchev–Trinajstić information content (AvgIpc) is 2.99. The van der Waals surface area contributed by atoms with Gasteiger partial charge in [0, 0.05) is 5.56 Å². The summed E-state index contributed by atoms with van der Waals surface area (Å²) in [6.07, 6.45) is 1.60. The van der Waals surface area contributed by atoms with Crippen molar-refractivity contribution in [3.05, 3.63) is 66.2 Å². The summed E-state index contributed by atoms with van der Waals surface area (Å²) in [4.78, 5) is 7.52. The highest BCUT2D eigenvalue weighted by Crippen LogP contribution is 2.25. The van der Waals surface area contributed by atoms with Crippen molar-refractivity contribution in [3.8, 4) is 5.75 Å². The lowest BCUT2D eigenvalue weighted by molar-refractivity contribution is 0.475. The third-order valence-electron chi connectivity index (χ3n) is 3.70. The molecule has 4 rings (SSSR count). The number of nitrogens with one attached hydrogen (secondary N) is 2. The van der Waals surface area contributed by atoms with Gasteiger partial charge >= 0.3 is 0 Å². The van der Waals surface area contributed by atoms with Crippen LogP contribution < -0.4 is 5.43 Å². The Labute approximate surface area is 132 Å². The first-order valence-electron chi connectivity index (χ1n) is 7.26. The fraction of sp³-hybridized carbons (Fsp3) is 0. The second-order valence-corrected chi connectivity index (χ2v) is 5.19. The van der Waals surface area contributed by atoms with E-state index < -0.39 is 0 Å². The lowest BCUT2D eigenvalue weighted by atomic mass is 10.0. The highest BCUT2D eigenvalue weighted by Gasteiger charge is 2.04.